The Morgan fingerprint density at radius 3 is 2.33 bits per heavy atom. The van der Waals surface area contributed by atoms with E-state index in [-0.39, 0.29) is 23.2 Å². The average Bonchev–Trinajstić information content (AvgIpc) is 2.72. The van der Waals surface area contributed by atoms with Gasteiger partial charge in [0.1, 0.15) is 5.60 Å². The molecule has 1 aromatic rings. The zero-order valence-electron chi connectivity index (χ0n) is 14.1. The molecule has 0 spiro atoms. The van der Waals surface area contributed by atoms with Crippen molar-refractivity contribution in [3.8, 4) is 0 Å². The van der Waals surface area contributed by atoms with E-state index in [2.05, 4.69) is 0 Å². The summed E-state index contributed by atoms with van der Waals surface area (Å²) in [5, 5.41) is 0. The summed E-state index contributed by atoms with van der Waals surface area (Å²) in [7, 11) is -3.31. The van der Waals surface area contributed by atoms with E-state index in [1.807, 2.05) is 0 Å². The van der Waals surface area contributed by atoms with Crippen molar-refractivity contribution in [3.05, 3.63) is 35.6 Å². The lowest BCUT2D eigenvalue weighted by Gasteiger charge is -2.21. The smallest absolute Gasteiger partial charge is 0.374 e. The maximum Gasteiger partial charge on any atom is 0.374 e. The van der Waals surface area contributed by atoms with Crippen molar-refractivity contribution in [2.75, 3.05) is 19.5 Å². The van der Waals surface area contributed by atoms with Gasteiger partial charge in [0.2, 0.25) is 5.76 Å². The summed E-state index contributed by atoms with van der Waals surface area (Å²) in [5.74, 6) is -0.900. The van der Waals surface area contributed by atoms with Crippen molar-refractivity contribution in [2.45, 2.75) is 31.3 Å². The number of carbonyl (C=O) groups is 1. The second kappa shape index (κ2) is 6.55. The molecule has 132 valence electrons. The van der Waals surface area contributed by atoms with Gasteiger partial charge in [-0.25, -0.2) is 13.2 Å². The van der Waals surface area contributed by atoms with Crippen LogP contribution in [0.3, 0.4) is 0 Å². The normalized spacial score (nSPS) is 18.5. The van der Waals surface area contributed by atoms with E-state index < -0.39 is 28.1 Å². The first-order valence-electron chi connectivity index (χ1n) is 7.53. The summed E-state index contributed by atoms with van der Waals surface area (Å²) in [4.78, 5) is 12.3. The molecule has 0 aliphatic carbocycles. The predicted molar refractivity (Wildman–Crippen MR) is 87.7 cm³/mol. The van der Waals surface area contributed by atoms with Crippen molar-refractivity contribution in [1.29, 1.82) is 0 Å². The molecule has 0 unspecified atom stereocenters. The maximum absolute atomic E-state index is 12.6. The molecule has 5 nitrogen and oxygen atoms in total. The average molecular weight is 356 g/mol. The van der Waals surface area contributed by atoms with E-state index in [9.17, 15) is 17.6 Å². The highest BCUT2D eigenvalue weighted by Gasteiger charge is 2.42. The molecule has 0 radical (unpaired) electrons. The zero-order chi connectivity index (χ0) is 18.1. The molecular formula is C17H21FO5S. The van der Waals surface area contributed by atoms with Crippen LogP contribution in [0.2, 0.25) is 0 Å². The topological polar surface area (TPSA) is 69.7 Å². The number of alkyl halides is 1. The quantitative estimate of drug-likeness (QED) is 0.733. The maximum atomic E-state index is 12.6. The fraction of sp³-hybridized carbons (Fsp3) is 0.471. The Morgan fingerprint density at radius 1 is 1.25 bits per heavy atom. The number of cyclic esters (lactones) is 1. The van der Waals surface area contributed by atoms with E-state index in [4.69, 9.17) is 9.47 Å². The molecular weight excluding hydrogens is 335 g/mol. The zero-order valence-corrected chi connectivity index (χ0v) is 14.9. The fourth-order valence-corrected chi connectivity index (χ4v) is 3.08. The molecule has 0 saturated heterocycles. The van der Waals surface area contributed by atoms with Crippen LogP contribution < -0.4 is 0 Å². The largest absolute Gasteiger partial charge is 0.486 e. The minimum Gasteiger partial charge on any atom is -0.486 e. The number of ether oxygens (including phenoxy) is 2. The summed E-state index contributed by atoms with van der Waals surface area (Å²) in [6.45, 7) is 4.62. The van der Waals surface area contributed by atoms with Gasteiger partial charge in [0.25, 0.3) is 0 Å². The number of esters is 1. The summed E-state index contributed by atoms with van der Waals surface area (Å²) in [6.07, 6.45) is 1.13. The lowest BCUT2D eigenvalue weighted by atomic mass is 9.92. The Bertz CT molecular complexity index is 763. The van der Waals surface area contributed by atoms with Crippen LogP contribution in [0.15, 0.2) is 34.9 Å². The number of carbonyl (C=O) groups excluding carboxylic acids is 1. The van der Waals surface area contributed by atoms with Crippen LogP contribution in [0.5, 0.6) is 0 Å². The molecule has 2 rings (SSSR count). The minimum atomic E-state index is -3.31. The van der Waals surface area contributed by atoms with Crippen LogP contribution in [-0.2, 0) is 24.1 Å². The Balaban J connectivity index is 2.44. The number of benzene rings is 1. The van der Waals surface area contributed by atoms with Crippen molar-refractivity contribution in [3.63, 3.8) is 0 Å². The molecule has 0 bridgehead atoms. The van der Waals surface area contributed by atoms with E-state index in [1.54, 1.807) is 32.9 Å². The highest BCUT2D eigenvalue weighted by Crippen LogP contribution is 2.40. The van der Waals surface area contributed by atoms with Gasteiger partial charge in [-0.15, -0.1) is 0 Å². The molecule has 0 N–H and O–H groups in total. The third kappa shape index (κ3) is 3.77. The third-order valence-corrected chi connectivity index (χ3v) is 4.84. The number of rotatable bonds is 6. The molecule has 0 saturated carbocycles. The first-order valence-corrected chi connectivity index (χ1v) is 9.42. The monoisotopic (exact) mass is 356 g/mol. The number of hydrogen-bond acceptors (Lipinski definition) is 5. The summed E-state index contributed by atoms with van der Waals surface area (Å²) >= 11 is 0. The van der Waals surface area contributed by atoms with Crippen LogP contribution in [-0.4, -0.2) is 39.5 Å². The van der Waals surface area contributed by atoms with E-state index >= 15 is 0 Å². The lowest BCUT2D eigenvalue weighted by Crippen LogP contribution is -2.22. The van der Waals surface area contributed by atoms with Gasteiger partial charge in [-0.1, -0.05) is 19.1 Å². The van der Waals surface area contributed by atoms with Crippen molar-refractivity contribution in [2.24, 2.45) is 5.92 Å². The fourth-order valence-electron chi connectivity index (χ4n) is 2.45. The van der Waals surface area contributed by atoms with Crippen molar-refractivity contribution >= 4 is 21.4 Å². The molecule has 1 aromatic carbocycles. The molecule has 7 heteroatoms. The minimum absolute atomic E-state index is 0.0485. The Morgan fingerprint density at radius 2 is 1.83 bits per heavy atom. The van der Waals surface area contributed by atoms with Gasteiger partial charge in [-0.3, -0.25) is 4.39 Å². The van der Waals surface area contributed by atoms with Crippen molar-refractivity contribution in [1.82, 2.24) is 0 Å². The molecule has 1 heterocycles. The van der Waals surface area contributed by atoms with Gasteiger partial charge in [0.05, 0.1) is 23.8 Å². The summed E-state index contributed by atoms with van der Waals surface area (Å²) in [6, 6.07) is 6.16. The van der Waals surface area contributed by atoms with E-state index in [0.29, 0.717) is 11.1 Å². The Labute approximate surface area is 141 Å². The molecule has 1 atom stereocenters. The van der Waals surface area contributed by atoms with Gasteiger partial charge in [0, 0.05) is 12.2 Å². The Hall–Kier alpha value is -1.89. The number of sulfone groups is 1. The van der Waals surface area contributed by atoms with Gasteiger partial charge in [-0.2, -0.15) is 0 Å². The number of halogens is 1. The highest BCUT2D eigenvalue weighted by molar-refractivity contribution is 7.90. The first-order chi connectivity index (χ1) is 11.1. The van der Waals surface area contributed by atoms with Crippen LogP contribution >= 0.6 is 0 Å². The third-order valence-electron chi connectivity index (χ3n) is 3.71. The number of hydrogen-bond donors (Lipinski definition) is 0. The second-order valence-corrected chi connectivity index (χ2v) is 8.49. The molecule has 0 amide bonds. The first kappa shape index (κ1) is 18.4. The van der Waals surface area contributed by atoms with E-state index in [1.165, 1.54) is 12.1 Å². The van der Waals surface area contributed by atoms with E-state index in [0.717, 1.165) is 6.26 Å². The molecule has 0 fully saturated rings. The summed E-state index contributed by atoms with van der Waals surface area (Å²) in [5.41, 5.74) is 0.234. The van der Waals surface area contributed by atoms with Crippen LogP contribution in [0, 0.1) is 5.92 Å². The lowest BCUT2D eigenvalue weighted by molar-refractivity contribution is -0.147. The van der Waals surface area contributed by atoms with Crippen LogP contribution in [0.4, 0.5) is 4.39 Å². The molecule has 1 aliphatic rings. The SMILES string of the molecule is C[C@@H](CF)COC1=C(c2ccc(S(C)(=O)=O)cc2)C(C)(C)OC1=O. The predicted octanol–water partition coefficient (Wildman–Crippen LogP) is 2.76. The summed E-state index contributed by atoms with van der Waals surface area (Å²) < 4.78 is 46.6. The van der Waals surface area contributed by atoms with Gasteiger partial charge >= 0.3 is 5.97 Å². The van der Waals surface area contributed by atoms with Gasteiger partial charge in [0.15, 0.2) is 9.84 Å². The highest BCUT2D eigenvalue weighted by atomic mass is 32.2. The second-order valence-electron chi connectivity index (χ2n) is 6.47. The van der Waals surface area contributed by atoms with Crippen molar-refractivity contribution < 1.29 is 27.1 Å². The molecule has 24 heavy (non-hydrogen) atoms. The Kier molecular flexibility index (Phi) is 5.03. The molecule has 1 aliphatic heterocycles. The van der Waals surface area contributed by atoms with Gasteiger partial charge in [-0.05, 0) is 31.5 Å². The van der Waals surface area contributed by atoms with Crippen LogP contribution in [0.25, 0.3) is 5.57 Å². The van der Waals surface area contributed by atoms with Crippen LogP contribution in [0.1, 0.15) is 26.3 Å². The standard InChI is InChI=1S/C17H21FO5S/c1-11(9-18)10-22-15-14(17(2,3)23-16(15)19)12-5-7-13(8-6-12)24(4,20)21/h5-8,11H,9-10H2,1-4H3/t11-/m0/s1. The van der Waals surface area contributed by atoms with Gasteiger partial charge < -0.3 is 9.47 Å². The molecule has 0 aromatic heterocycles.